The van der Waals surface area contributed by atoms with E-state index in [1.54, 1.807) is 0 Å². The molecular formula is C48H33N5S2. The number of nitrogens with zero attached hydrogens (tertiary/aromatic N) is 5. The maximum absolute atomic E-state index is 4.38. The number of aromatic nitrogens is 3. The summed E-state index contributed by atoms with van der Waals surface area (Å²) in [4.78, 5) is 15.9. The average Bonchev–Trinajstić information content (AvgIpc) is 4.00. The van der Waals surface area contributed by atoms with E-state index in [2.05, 4.69) is 200 Å². The maximum Gasteiger partial charge on any atom is 0.124 e. The number of hydrogen-bond acceptors (Lipinski definition) is 6. The van der Waals surface area contributed by atoms with E-state index < -0.39 is 0 Å². The summed E-state index contributed by atoms with van der Waals surface area (Å²) in [5.41, 5.74) is 7.54. The van der Waals surface area contributed by atoms with Gasteiger partial charge in [0.05, 0.1) is 11.4 Å². The predicted octanol–water partition coefficient (Wildman–Crippen LogP) is 14.0. The Kier molecular flexibility index (Phi) is 8.48. The van der Waals surface area contributed by atoms with Crippen molar-refractivity contribution < 1.29 is 0 Å². The van der Waals surface area contributed by atoms with E-state index in [9.17, 15) is 0 Å². The van der Waals surface area contributed by atoms with Gasteiger partial charge >= 0.3 is 0 Å². The van der Waals surface area contributed by atoms with Gasteiger partial charge in [-0.25, -0.2) is 0 Å². The molecule has 0 aliphatic rings. The minimum Gasteiger partial charge on any atom is -0.296 e. The van der Waals surface area contributed by atoms with E-state index in [4.69, 9.17) is 0 Å². The fourth-order valence-corrected chi connectivity index (χ4v) is 9.35. The first kappa shape index (κ1) is 32.8. The maximum atomic E-state index is 4.38. The molecule has 0 radical (unpaired) electrons. The molecule has 5 nitrogen and oxygen atoms in total. The van der Waals surface area contributed by atoms with Crippen LogP contribution in [0, 0.1) is 0 Å². The summed E-state index contributed by atoms with van der Waals surface area (Å²) in [5.74, 6) is 1.98. The number of thiophene rings is 2. The minimum absolute atomic E-state index is 0.989. The second-order valence-electron chi connectivity index (χ2n) is 13.2. The molecule has 0 saturated heterocycles. The summed E-state index contributed by atoms with van der Waals surface area (Å²) >= 11 is 3.65. The standard InChI is InChI=1S/C48H33N5S2/c1-2-10-38(11-3-1)53-47(51(41-24-28-49-29-25-41)39-18-14-34(15-19-39)45-32-36-8-4-6-12-43(36)54-45)22-23-48(53)52(42-26-30-50-31-27-42)40-20-16-35(17-21-40)46-33-37-9-5-7-13-44(37)55-46/h1-33H. The van der Waals surface area contributed by atoms with Crippen molar-refractivity contribution in [3.63, 3.8) is 0 Å². The molecule has 0 spiro atoms. The number of pyridine rings is 2. The molecule has 0 bridgehead atoms. The SMILES string of the molecule is c1ccc(-n2c(N(c3ccncc3)c3ccc(-c4cc5ccccc5s4)cc3)ccc2N(c2ccncc2)c2ccc(-c3cc4ccccc4s3)cc2)cc1. The molecule has 0 saturated carbocycles. The minimum atomic E-state index is 0.989. The molecule has 7 heteroatoms. The molecule has 0 atom stereocenters. The zero-order valence-corrected chi connectivity index (χ0v) is 31.2. The lowest BCUT2D eigenvalue weighted by Gasteiger charge is -2.30. The smallest absolute Gasteiger partial charge is 0.124 e. The van der Waals surface area contributed by atoms with Crippen LogP contribution in [-0.4, -0.2) is 14.5 Å². The number of hydrogen-bond donors (Lipinski definition) is 0. The molecule has 5 aromatic heterocycles. The van der Waals surface area contributed by atoms with Crippen molar-refractivity contribution in [3.8, 4) is 26.6 Å². The van der Waals surface area contributed by atoms with Crippen LogP contribution in [0.4, 0.5) is 34.4 Å². The molecule has 10 aromatic rings. The van der Waals surface area contributed by atoms with Crippen LogP contribution >= 0.6 is 22.7 Å². The molecule has 0 aliphatic heterocycles. The highest BCUT2D eigenvalue weighted by Crippen LogP contribution is 2.45. The average molecular weight is 744 g/mol. The van der Waals surface area contributed by atoms with Crippen molar-refractivity contribution in [1.82, 2.24) is 14.5 Å². The lowest BCUT2D eigenvalue weighted by atomic mass is 10.1. The monoisotopic (exact) mass is 743 g/mol. The quantitative estimate of drug-likeness (QED) is 0.148. The van der Waals surface area contributed by atoms with Crippen molar-refractivity contribution in [1.29, 1.82) is 0 Å². The summed E-state index contributed by atoms with van der Waals surface area (Å²) in [5, 5.41) is 2.54. The molecular weight excluding hydrogens is 711 g/mol. The van der Waals surface area contributed by atoms with Crippen molar-refractivity contribution in [2.75, 3.05) is 9.80 Å². The zero-order chi connectivity index (χ0) is 36.6. The highest BCUT2D eigenvalue weighted by Gasteiger charge is 2.25. The fourth-order valence-electron chi connectivity index (χ4n) is 7.22. The molecule has 5 aromatic carbocycles. The van der Waals surface area contributed by atoms with Gasteiger partial charge in [0.2, 0.25) is 0 Å². The first-order valence-corrected chi connectivity index (χ1v) is 19.8. The van der Waals surface area contributed by atoms with E-state index >= 15 is 0 Å². The van der Waals surface area contributed by atoms with Gasteiger partial charge in [0.15, 0.2) is 0 Å². The van der Waals surface area contributed by atoms with Gasteiger partial charge < -0.3 is 0 Å². The molecule has 0 unspecified atom stereocenters. The van der Waals surface area contributed by atoms with E-state index in [1.165, 1.54) is 41.1 Å². The molecule has 0 aliphatic carbocycles. The van der Waals surface area contributed by atoms with Crippen molar-refractivity contribution in [3.05, 3.63) is 201 Å². The molecule has 55 heavy (non-hydrogen) atoms. The Labute approximate surface area is 327 Å². The van der Waals surface area contributed by atoms with Crippen molar-refractivity contribution in [2.24, 2.45) is 0 Å². The van der Waals surface area contributed by atoms with Crippen molar-refractivity contribution in [2.45, 2.75) is 0 Å². The van der Waals surface area contributed by atoms with Gasteiger partial charge in [-0.2, -0.15) is 0 Å². The molecule has 0 fully saturated rings. The summed E-state index contributed by atoms with van der Waals surface area (Å²) in [6.45, 7) is 0. The summed E-state index contributed by atoms with van der Waals surface area (Å²) < 4.78 is 4.92. The normalized spacial score (nSPS) is 11.3. The third-order valence-electron chi connectivity index (χ3n) is 9.83. The predicted molar refractivity (Wildman–Crippen MR) is 232 cm³/mol. The lowest BCUT2D eigenvalue weighted by molar-refractivity contribution is 1.01. The van der Waals surface area contributed by atoms with Crippen LogP contribution in [0.1, 0.15) is 0 Å². The van der Waals surface area contributed by atoms with Gasteiger partial charge in [-0.3, -0.25) is 24.3 Å². The van der Waals surface area contributed by atoms with Gasteiger partial charge in [-0.1, -0.05) is 78.9 Å². The molecule has 10 rings (SSSR count). The van der Waals surface area contributed by atoms with Gasteiger partial charge in [0, 0.05) is 61.0 Å². The van der Waals surface area contributed by atoms with Gasteiger partial charge in [-0.05, 0) is 119 Å². The van der Waals surface area contributed by atoms with Gasteiger partial charge in [-0.15, -0.1) is 22.7 Å². The first-order chi connectivity index (χ1) is 27.3. The van der Waals surface area contributed by atoms with Crippen LogP contribution in [0.15, 0.2) is 201 Å². The van der Waals surface area contributed by atoms with E-state index in [1.807, 2.05) is 47.5 Å². The van der Waals surface area contributed by atoms with Gasteiger partial charge in [0.1, 0.15) is 11.6 Å². The molecule has 262 valence electrons. The van der Waals surface area contributed by atoms with Crippen LogP contribution in [0.2, 0.25) is 0 Å². The fraction of sp³-hybridized carbons (Fsp3) is 0. The van der Waals surface area contributed by atoms with Crippen LogP contribution in [0.5, 0.6) is 0 Å². The Morgan fingerprint density at radius 1 is 0.382 bits per heavy atom. The number of anilines is 6. The Morgan fingerprint density at radius 3 is 1.22 bits per heavy atom. The summed E-state index contributed by atoms with van der Waals surface area (Å²) in [6.07, 6.45) is 7.41. The van der Waals surface area contributed by atoms with Gasteiger partial charge in [0.25, 0.3) is 0 Å². The third-order valence-corrected chi connectivity index (χ3v) is 12.2. The second kappa shape index (κ2) is 14.2. The largest absolute Gasteiger partial charge is 0.296 e. The molecule has 5 heterocycles. The Morgan fingerprint density at radius 2 is 0.782 bits per heavy atom. The highest BCUT2D eigenvalue weighted by molar-refractivity contribution is 7.22. The van der Waals surface area contributed by atoms with Crippen LogP contribution < -0.4 is 9.80 Å². The Hall–Kier alpha value is -6.80. The highest BCUT2D eigenvalue weighted by atomic mass is 32.1. The van der Waals surface area contributed by atoms with E-state index in [0.717, 1.165) is 40.1 Å². The van der Waals surface area contributed by atoms with E-state index in [-0.39, 0.29) is 0 Å². The Balaban J connectivity index is 1.11. The molecule has 0 amide bonds. The van der Waals surface area contributed by atoms with Crippen LogP contribution in [-0.2, 0) is 0 Å². The summed E-state index contributed by atoms with van der Waals surface area (Å²) in [6, 6.07) is 62.7. The number of rotatable bonds is 9. The molecule has 0 N–H and O–H groups in total. The number of para-hydroxylation sites is 1. The van der Waals surface area contributed by atoms with Crippen molar-refractivity contribution >= 4 is 77.2 Å². The number of fused-ring (bicyclic) bond motifs is 2. The topological polar surface area (TPSA) is 37.2 Å². The first-order valence-electron chi connectivity index (χ1n) is 18.1. The zero-order valence-electron chi connectivity index (χ0n) is 29.6. The second-order valence-corrected chi connectivity index (χ2v) is 15.4. The van der Waals surface area contributed by atoms with Crippen LogP contribution in [0.3, 0.4) is 0 Å². The van der Waals surface area contributed by atoms with Crippen LogP contribution in [0.25, 0.3) is 46.7 Å². The lowest BCUT2D eigenvalue weighted by Crippen LogP contribution is -2.18. The summed E-state index contributed by atoms with van der Waals surface area (Å²) in [7, 11) is 0. The third kappa shape index (κ3) is 6.25. The van der Waals surface area contributed by atoms with E-state index in [0.29, 0.717) is 0 Å². The number of benzene rings is 5. The Bertz CT molecular complexity index is 2620.